The summed E-state index contributed by atoms with van der Waals surface area (Å²) in [5.41, 5.74) is -0.845. The standard InChI is InChI=1S/C20H19F3N4O3S/c1-3-8-18(28)27(31(29,30)15-9-5-4-6-10-15)26-13-17(20(21,22)23)25-19(26)16-11-7-12-24-14(16)2/h4-7,9-13H,3,8H2,1-2H3. The highest BCUT2D eigenvalue weighted by atomic mass is 32.2. The molecule has 0 aliphatic carbocycles. The van der Waals surface area contributed by atoms with Gasteiger partial charge < -0.3 is 0 Å². The van der Waals surface area contributed by atoms with E-state index in [-0.39, 0.29) is 22.7 Å². The third kappa shape index (κ3) is 4.46. The van der Waals surface area contributed by atoms with Crippen molar-refractivity contribution in [2.45, 2.75) is 37.8 Å². The minimum absolute atomic E-state index is 0.163. The van der Waals surface area contributed by atoms with Crippen molar-refractivity contribution < 1.29 is 26.4 Å². The van der Waals surface area contributed by atoms with Gasteiger partial charge in [0.05, 0.1) is 11.1 Å². The number of aryl methyl sites for hydroxylation is 1. The van der Waals surface area contributed by atoms with Gasteiger partial charge in [-0.3, -0.25) is 9.78 Å². The lowest BCUT2D eigenvalue weighted by Gasteiger charge is -2.25. The van der Waals surface area contributed by atoms with Crippen LogP contribution in [0.25, 0.3) is 11.4 Å². The summed E-state index contributed by atoms with van der Waals surface area (Å²) >= 11 is 0. The molecule has 0 saturated carbocycles. The molecule has 0 saturated heterocycles. The van der Waals surface area contributed by atoms with E-state index in [0.717, 1.165) is 0 Å². The second-order valence-corrected chi connectivity index (χ2v) is 8.40. The summed E-state index contributed by atoms with van der Waals surface area (Å²) in [6.07, 6.45) is -2.81. The number of halogens is 3. The fourth-order valence-corrected chi connectivity index (χ4v) is 4.34. The van der Waals surface area contributed by atoms with E-state index in [1.807, 2.05) is 0 Å². The third-order valence-corrected chi connectivity index (χ3v) is 6.07. The Kier molecular flexibility index (Phi) is 6.16. The molecule has 0 aliphatic heterocycles. The Morgan fingerprint density at radius 3 is 2.39 bits per heavy atom. The Bertz CT molecular complexity index is 1190. The fourth-order valence-electron chi connectivity index (χ4n) is 2.92. The number of carbonyl (C=O) groups is 1. The first-order valence-corrected chi connectivity index (χ1v) is 10.7. The predicted molar refractivity (Wildman–Crippen MR) is 107 cm³/mol. The molecule has 3 aromatic rings. The molecule has 7 nitrogen and oxygen atoms in total. The van der Waals surface area contributed by atoms with Gasteiger partial charge in [0.2, 0.25) is 0 Å². The molecular formula is C20H19F3N4O3S. The minimum Gasteiger partial charge on any atom is -0.272 e. The maximum atomic E-state index is 13.5. The molecule has 0 unspecified atom stereocenters. The average molecular weight is 452 g/mol. The van der Waals surface area contributed by atoms with Gasteiger partial charge in [-0.1, -0.05) is 25.1 Å². The predicted octanol–water partition coefficient (Wildman–Crippen LogP) is 3.93. The molecule has 0 fully saturated rings. The first-order chi connectivity index (χ1) is 14.6. The molecule has 1 aromatic carbocycles. The van der Waals surface area contributed by atoms with Gasteiger partial charge in [-0.15, -0.1) is 4.41 Å². The lowest BCUT2D eigenvalue weighted by Crippen LogP contribution is -2.45. The van der Waals surface area contributed by atoms with Crippen molar-refractivity contribution in [3.05, 3.63) is 66.2 Å². The van der Waals surface area contributed by atoms with Crippen molar-refractivity contribution in [3.63, 3.8) is 0 Å². The van der Waals surface area contributed by atoms with Gasteiger partial charge in [-0.05, 0) is 37.6 Å². The van der Waals surface area contributed by atoms with E-state index in [1.165, 1.54) is 42.6 Å². The molecule has 0 N–H and O–H groups in total. The van der Waals surface area contributed by atoms with E-state index in [0.29, 0.717) is 27.4 Å². The second-order valence-electron chi connectivity index (χ2n) is 6.63. The van der Waals surface area contributed by atoms with E-state index >= 15 is 0 Å². The molecule has 2 heterocycles. The number of amides is 1. The lowest BCUT2D eigenvalue weighted by atomic mass is 10.2. The van der Waals surface area contributed by atoms with Crippen molar-refractivity contribution in [2.24, 2.45) is 0 Å². The largest absolute Gasteiger partial charge is 0.434 e. The number of carbonyl (C=O) groups excluding carboxylic acids is 1. The summed E-state index contributed by atoms with van der Waals surface area (Å²) in [4.78, 5) is 20.3. The SMILES string of the molecule is CCCC(=O)N(n1cc(C(F)(F)F)nc1-c1cccnc1C)S(=O)(=O)c1ccccc1. The van der Waals surface area contributed by atoms with Crippen molar-refractivity contribution in [2.75, 3.05) is 4.41 Å². The first-order valence-electron chi connectivity index (χ1n) is 9.29. The van der Waals surface area contributed by atoms with Crippen LogP contribution in [0.2, 0.25) is 0 Å². The number of hydrogen-bond acceptors (Lipinski definition) is 5. The number of pyridine rings is 1. The van der Waals surface area contributed by atoms with Gasteiger partial charge in [-0.2, -0.15) is 21.6 Å². The Morgan fingerprint density at radius 1 is 1.13 bits per heavy atom. The van der Waals surface area contributed by atoms with Crippen LogP contribution in [0.1, 0.15) is 31.2 Å². The van der Waals surface area contributed by atoms with E-state index in [2.05, 4.69) is 9.97 Å². The molecule has 0 bridgehead atoms. The zero-order chi connectivity index (χ0) is 22.8. The molecule has 11 heteroatoms. The summed E-state index contributed by atoms with van der Waals surface area (Å²) in [5, 5.41) is 0. The fraction of sp³-hybridized carbons (Fsp3) is 0.250. The Hall–Kier alpha value is -3.21. The van der Waals surface area contributed by atoms with Gasteiger partial charge in [-0.25, -0.2) is 9.66 Å². The highest BCUT2D eigenvalue weighted by Gasteiger charge is 2.39. The van der Waals surface area contributed by atoms with E-state index in [9.17, 15) is 26.4 Å². The highest BCUT2D eigenvalue weighted by molar-refractivity contribution is 7.93. The van der Waals surface area contributed by atoms with Crippen LogP contribution < -0.4 is 4.41 Å². The van der Waals surface area contributed by atoms with Crippen LogP contribution in [-0.2, 0) is 21.0 Å². The van der Waals surface area contributed by atoms with Gasteiger partial charge in [0.15, 0.2) is 11.5 Å². The van der Waals surface area contributed by atoms with Gasteiger partial charge in [0.1, 0.15) is 0 Å². The molecule has 164 valence electrons. The Labute approximate surface area is 177 Å². The number of nitrogens with zero attached hydrogens (tertiary/aromatic N) is 4. The maximum absolute atomic E-state index is 13.5. The van der Waals surface area contributed by atoms with Crippen LogP contribution in [0, 0.1) is 6.92 Å². The van der Waals surface area contributed by atoms with Gasteiger partial charge >= 0.3 is 6.18 Å². The molecule has 0 aliphatic rings. The molecule has 1 amide bonds. The van der Waals surface area contributed by atoms with Crippen LogP contribution in [-0.4, -0.2) is 29.0 Å². The minimum atomic E-state index is -4.86. The zero-order valence-electron chi connectivity index (χ0n) is 16.7. The molecule has 0 spiro atoms. The van der Waals surface area contributed by atoms with Crippen LogP contribution >= 0.6 is 0 Å². The summed E-state index contributed by atoms with van der Waals surface area (Å²) < 4.78 is 68.1. The Balaban J connectivity index is 2.32. The number of sulfonamides is 1. The monoisotopic (exact) mass is 452 g/mol. The lowest BCUT2D eigenvalue weighted by molar-refractivity contribution is -0.141. The van der Waals surface area contributed by atoms with Crippen molar-refractivity contribution in [1.29, 1.82) is 0 Å². The number of rotatable bonds is 6. The van der Waals surface area contributed by atoms with E-state index < -0.39 is 27.8 Å². The van der Waals surface area contributed by atoms with Crippen molar-refractivity contribution >= 4 is 15.9 Å². The maximum Gasteiger partial charge on any atom is 0.434 e. The van der Waals surface area contributed by atoms with Gasteiger partial charge in [0.25, 0.3) is 15.9 Å². The van der Waals surface area contributed by atoms with Gasteiger partial charge in [0, 0.05) is 23.9 Å². The summed E-state index contributed by atoms with van der Waals surface area (Å²) in [5.74, 6) is -1.25. The molecule has 31 heavy (non-hydrogen) atoms. The van der Waals surface area contributed by atoms with Crippen molar-refractivity contribution in [1.82, 2.24) is 14.6 Å². The van der Waals surface area contributed by atoms with Crippen LogP contribution in [0.3, 0.4) is 0 Å². The van der Waals surface area contributed by atoms with E-state index in [4.69, 9.17) is 0 Å². The molecule has 3 rings (SSSR count). The smallest absolute Gasteiger partial charge is 0.272 e. The first kappa shape index (κ1) is 22.5. The Morgan fingerprint density at radius 2 is 1.81 bits per heavy atom. The molecular weight excluding hydrogens is 433 g/mol. The molecule has 0 atom stereocenters. The highest BCUT2D eigenvalue weighted by Crippen LogP contribution is 2.33. The normalized spacial score (nSPS) is 12.0. The third-order valence-electron chi connectivity index (χ3n) is 4.37. The van der Waals surface area contributed by atoms with Crippen molar-refractivity contribution in [3.8, 4) is 11.4 Å². The number of alkyl halides is 3. The summed E-state index contributed by atoms with van der Waals surface area (Å²) in [6, 6.07) is 9.96. The average Bonchev–Trinajstić information content (AvgIpc) is 3.14. The quantitative estimate of drug-likeness (QED) is 0.566. The summed E-state index contributed by atoms with van der Waals surface area (Å²) in [6.45, 7) is 3.21. The number of hydrogen-bond donors (Lipinski definition) is 0. The van der Waals surface area contributed by atoms with Crippen LogP contribution in [0.15, 0.2) is 59.8 Å². The number of benzene rings is 1. The van der Waals surface area contributed by atoms with Crippen LogP contribution in [0.5, 0.6) is 0 Å². The molecule has 0 radical (unpaired) electrons. The number of imidazole rings is 1. The van der Waals surface area contributed by atoms with Crippen LogP contribution in [0.4, 0.5) is 13.2 Å². The summed E-state index contributed by atoms with van der Waals surface area (Å²) in [7, 11) is -4.53. The second kappa shape index (κ2) is 8.50. The number of aromatic nitrogens is 3. The zero-order valence-corrected chi connectivity index (χ0v) is 17.5. The van der Waals surface area contributed by atoms with E-state index in [1.54, 1.807) is 19.9 Å². The molecule has 2 aromatic heterocycles. The topological polar surface area (TPSA) is 85.2 Å².